The minimum absolute atomic E-state index is 0.176. The Morgan fingerprint density at radius 2 is 1.93 bits per heavy atom. The Hall–Kier alpha value is -2.46. The maximum atomic E-state index is 12.7. The molecule has 3 amide bonds. The number of sulfonamides is 1. The molecule has 0 aliphatic carbocycles. The molecule has 9 nitrogen and oxygen atoms in total. The molecule has 1 unspecified atom stereocenters. The molecule has 1 aromatic rings. The van der Waals surface area contributed by atoms with E-state index in [0.29, 0.717) is 6.54 Å². The molecule has 1 aromatic carbocycles. The van der Waals surface area contributed by atoms with Crippen LogP contribution in [0.4, 0.5) is 0 Å². The third kappa shape index (κ3) is 5.08. The monoisotopic (exact) mass is 410 g/mol. The predicted molar refractivity (Wildman–Crippen MR) is 104 cm³/mol. The number of nitrogens with one attached hydrogen (secondary N) is 2. The lowest BCUT2D eigenvalue weighted by atomic mass is 9.96. The minimum Gasteiger partial charge on any atom is -0.350 e. The molecule has 0 spiro atoms. The van der Waals surface area contributed by atoms with Crippen molar-refractivity contribution in [1.29, 1.82) is 0 Å². The number of hydrogen-bond acceptors (Lipinski definition) is 5. The van der Waals surface area contributed by atoms with E-state index in [0.717, 1.165) is 21.7 Å². The van der Waals surface area contributed by atoms with Gasteiger partial charge in [-0.05, 0) is 19.4 Å². The standard InChI is InChI=1S/C18H26N4O5S/c1-13-6-5-7-14(8-13)9-19-15(23)10-20-17(25)18(2)12-22(28(4,26)27)11-16(24)21(18)3/h5-8H,9-12H2,1-4H3,(H,19,23)(H,20,25). The second kappa shape index (κ2) is 8.27. The highest BCUT2D eigenvalue weighted by Crippen LogP contribution is 2.22. The van der Waals surface area contributed by atoms with Crippen molar-refractivity contribution in [1.82, 2.24) is 19.8 Å². The number of piperazine rings is 1. The molecule has 154 valence electrons. The second-order valence-electron chi connectivity index (χ2n) is 7.21. The van der Waals surface area contributed by atoms with Gasteiger partial charge in [-0.25, -0.2) is 8.42 Å². The van der Waals surface area contributed by atoms with Crippen LogP contribution in [-0.4, -0.2) is 73.8 Å². The summed E-state index contributed by atoms with van der Waals surface area (Å²) in [6.45, 7) is 2.99. The van der Waals surface area contributed by atoms with Gasteiger partial charge in [0.1, 0.15) is 5.54 Å². The van der Waals surface area contributed by atoms with Crippen molar-refractivity contribution < 1.29 is 22.8 Å². The van der Waals surface area contributed by atoms with Crippen LogP contribution >= 0.6 is 0 Å². The van der Waals surface area contributed by atoms with Gasteiger partial charge in [0, 0.05) is 20.1 Å². The molecule has 0 aromatic heterocycles. The van der Waals surface area contributed by atoms with Crippen LogP contribution in [0.3, 0.4) is 0 Å². The largest absolute Gasteiger partial charge is 0.350 e. The van der Waals surface area contributed by atoms with Gasteiger partial charge in [-0.15, -0.1) is 0 Å². The summed E-state index contributed by atoms with van der Waals surface area (Å²) in [6.07, 6.45) is 0.989. The van der Waals surface area contributed by atoms with Gasteiger partial charge < -0.3 is 15.5 Å². The van der Waals surface area contributed by atoms with Gasteiger partial charge in [-0.2, -0.15) is 4.31 Å². The van der Waals surface area contributed by atoms with Crippen molar-refractivity contribution >= 4 is 27.7 Å². The molecular formula is C18H26N4O5S. The molecule has 0 saturated carbocycles. The Balaban J connectivity index is 1.96. The van der Waals surface area contributed by atoms with E-state index in [2.05, 4.69) is 10.6 Å². The van der Waals surface area contributed by atoms with E-state index in [4.69, 9.17) is 0 Å². The predicted octanol–water partition coefficient (Wildman–Crippen LogP) is -0.780. The van der Waals surface area contributed by atoms with Gasteiger partial charge in [0.05, 0.1) is 19.3 Å². The highest BCUT2D eigenvalue weighted by molar-refractivity contribution is 7.88. The molecule has 1 fully saturated rings. The fourth-order valence-electron chi connectivity index (χ4n) is 2.93. The Morgan fingerprint density at radius 3 is 2.54 bits per heavy atom. The van der Waals surface area contributed by atoms with E-state index in [1.807, 2.05) is 31.2 Å². The quantitative estimate of drug-likeness (QED) is 0.638. The van der Waals surface area contributed by atoms with Crippen molar-refractivity contribution in [3.8, 4) is 0 Å². The van der Waals surface area contributed by atoms with E-state index >= 15 is 0 Å². The topological polar surface area (TPSA) is 116 Å². The molecule has 2 N–H and O–H groups in total. The first-order valence-electron chi connectivity index (χ1n) is 8.76. The van der Waals surface area contributed by atoms with Crippen molar-refractivity contribution in [2.45, 2.75) is 25.9 Å². The summed E-state index contributed by atoms with van der Waals surface area (Å²) in [5.74, 6) is -1.47. The van der Waals surface area contributed by atoms with Crippen LogP contribution < -0.4 is 10.6 Å². The van der Waals surface area contributed by atoms with E-state index in [1.165, 1.54) is 18.9 Å². The second-order valence-corrected chi connectivity index (χ2v) is 9.19. The maximum Gasteiger partial charge on any atom is 0.247 e. The molecule has 10 heteroatoms. The van der Waals surface area contributed by atoms with E-state index in [9.17, 15) is 22.8 Å². The van der Waals surface area contributed by atoms with Crippen molar-refractivity contribution in [3.05, 3.63) is 35.4 Å². The molecule has 1 heterocycles. The van der Waals surface area contributed by atoms with Crippen LogP contribution in [0, 0.1) is 6.92 Å². The number of amides is 3. The zero-order valence-electron chi connectivity index (χ0n) is 16.5. The zero-order chi connectivity index (χ0) is 21.1. The highest BCUT2D eigenvalue weighted by Gasteiger charge is 2.47. The number of rotatable bonds is 6. The number of carbonyl (C=O) groups is 3. The summed E-state index contributed by atoms with van der Waals surface area (Å²) in [5.41, 5.74) is 0.608. The highest BCUT2D eigenvalue weighted by atomic mass is 32.2. The van der Waals surface area contributed by atoms with Crippen molar-refractivity contribution in [2.75, 3.05) is 32.9 Å². The van der Waals surface area contributed by atoms with Crippen LogP contribution in [0.15, 0.2) is 24.3 Å². The Morgan fingerprint density at radius 1 is 1.25 bits per heavy atom. The summed E-state index contributed by atoms with van der Waals surface area (Å²) in [4.78, 5) is 38.1. The van der Waals surface area contributed by atoms with Gasteiger partial charge >= 0.3 is 0 Å². The average molecular weight is 410 g/mol. The van der Waals surface area contributed by atoms with Gasteiger partial charge in [-0.3, -0.25) is 14.4 Å². The van der Waals surface area contributed by atoms with Gasteiger partial charge in [0.15, 0.2) is 0 Å². The van der Waals surface area contributed by atoms with Crippen molar-refractivity contribution in [2.24, 2.45) is 0 Å². The van der Waals surface area contributed by atoms with Crippen LogP contribution in [0.1, 0.15) is 18.1 Å². The van der Waals surface area contributed by atoms with Gasteiger partial charge in [0.25, 0.3) is 0 Å². The smallest absolute Gasteiger partial charge is 0.247 e. The number of aryl methyl sites for hydroxylation is 1. The Kier molecular flexibility index (Phi) is 6.45. The molecule has 0 radical (unpaired) electrons. The van der Waals surface area contributed by atoms with E-state index in [-0.39, 0.29) is 25.5 Å². The third-order valence-electron chi connectivity index (χ3n) is 4.85. The lowest BCUT2D eigenvalue weighted by Gasteiger charge is -2.44. The summed E-state index contributed by atoms with van der Waals surface area (Å²) < 4.78 is 24.6. The summed E-state index contributed by atoms with van der Waals surface area (Å²) in [7, 11) is -2.19. The SMILES string of the molecule is Cc1cccc(CNC(=O)CNC(=O)C2(C)CN(S(C)(=O)=O)CC(=O)N2C)c1. The molecule has 28 heavy (non-hydrogen) atoms. The van der Waals surface area contributed by atoms with Gasteiger partial charge in [-0.1, -0.05) is 29.8 Å². The van der Waals surface area contributed by atoms with Crippen LogP contribution in [-0.2, 0) is 31.0 Å². The number of carbonyl (C=O) groups excluding carboxylic acids is 3. The Bertz CT molecular complexity index is 886. The minimum atomic E-state index is -3.63. The summed E-state index contributed by atoms with van der Waals surface area (Å²) >= 11 is 0. The fraction of sp³-hybridized carbons (Fsp3) is 0.500. The lowest BCUT2D eigenvalue weighted by Crippen LogP contribution is -2.68. The summed E-state index contributed by atoms with van der Waals surface area (Å²) in [5, 5.41) is 5.21. The molecule has 1 aliphatic rings. The van der Waals surface area contributed by atoms with Gasteiger partial charge in [0.2, 0.25) is 27.7 Å². The molecule has 1 atom stereocenters. The first kappa shape index (κ1) is 21.8. The molecule has 1 aliphatic heterocycles. The van der Waals surface area contributed by atoms with E-state index < -0.39 is 27.4 Å². The number of likely N-dealkylation sites (N-methyl/N-ethyl adjacent to an activating group) is 1. The van der Waals surface area contributed by atoms with Crippen LogP contribution in [0.25, 0.3) is 0 Å². The molecule has 1 saturated heterocycles. The molecular weight excluding hydrogens is 384 g/mol. The number of hydrogen-bond donors (Lipinski definition) is 2. The van der Waals surface area contributed by atoms with Crippen LogP contribution in [0.5, 0.6) is 0 Å². The maximum absolute atomic E-state index is 12.7. The fourth-order valence-corrected chi connectivity index (χ4v) is 3.76. The summed E-state index contributed by atoms with van der Waals surface area (Å²) in [6, 6.07) is 7.68. The lowest BCUT2D eigenvalue weighted by molar-refractivity contribution is -0.150. The average Bonchev–Trinajstić information content (AvgIpc) is 2.61. The zero-order valence-corrected chi connectivity index (χ0v) is 17.3. The van der Waals surface area contributed by atoms with Crippen molar-refractivity contribution in [3.63, 3.8) is 0 Å². The Labute approximate surface area is 165 Å². The number of nitrogens with zero attached hydrogens (tertiary/aromatic N) is 2. The first-order valence-corrected chi connectivity index (χ1v) is 10.6. The normalized spacial score (nSPS) is 20.7. The first-order chi connectivity index (χ1) is 12.9. The number of benzene rings is 1. The molecule has 0 bridgehead atoms. The van der Waals surface area contributed by atoms with E-state index in [1.54, 1.807) is 0 Å². The van der Waals surface area contributed by atoms with Crippen LogP contribution in [0.2, 0.25) is 0 Å². The molecule has 2 rings (SSSR count). The third-order valence-corrected chi connectivity index (χ3v) is 6.05.